The van der Waals surface area contributed by atoms with Gasteiger partial charge in [-0.15, -0.1) is 0 Å². The van der Waals surface area contributed by atoms with Gasteiger partial charge in [-0.1, -0.05) is 61.5 Å². The summed E-state index contributed by atoms with van der Waals surface area (Å²) >= 11 is 0. The van der Waals surface area contributed by atoms with Gasteiger partial charge in [-0.05, 0) is 16.7 Å². The minimum Gasteiger partial charge on any atom is -0.494 e. The largest absolute Gasteiger partial charge is 0.494 e. The van der Waals surface area contributed by atoms with Crippen LogP contribution in [-0.2, 0) is 18.9 Å². The highest BCUT2D eigenvalue weighted by atomic mass is 16.3. The summed E-state index contributed by atoms with van der Waals surface area (Å²) in [5.41, 5.74) is 1.93. The highest BCUT2D eigenvalue weighted by Gasteiger charge is 2.35. The second-order valence-corrected chi connectivity index (χ2v) is 7.75. The molecule has 0 spiro atoms. The normalized spacial score (nSPS) is 15.7. The van der Waals surface area contributed by atoms with Crippen LogP contribution < -0.4 is 11.2 Å². The first-order valence-electron chi connectivity index (χ1n) is 10.4. The Balaban J connectivity index is 1.74. The van der Waals surface area contributed by atoms with Gasteiger partial charge in [0.05, 0.1) is 11.8 Å². The molecule has 1 aliphatic heterocycles. The summed E-state index contributed by atoms with van der Waals surface area (Å²) in [5, 5.41) is 16.3. The van der Waals surface area contributed by atoms with Gasteiger partial charge in [0.15, 0.2) is 0 Å². The van der Waals surface area contributed by atoms with Gasteiger partial charge in [-0.25, -0.2) is 9.80 Å². The van der Waals surface area contributed by atoms with Crippen molar-refractivity contribution in [1.82, 2.24) is 14.1 Å². The van der Waals surface area contributed by atoms with E-state index in [0.29, 0.717) is 0 Å². The molecular formula is C24H24N4O4. The van der Waals surface area contributed by atoms with Gasteiger partial charge in [0.25, 0.3) is 5.56 Å². The molecule has 3 aromatic rings. The summed E-state index contributed by atoms with van der Waals surface area (Å²) in [6.07, 6.45) is 0.490. The highest BCUT2D eigenvalue weighted by Crippen LogP contribution is 2.35. The number of hydrazone groups is 1. The molecule has 0 fully saturated rings. The van der Waals surface area contributed by atoms with Crippen molar-refractivity contribution in [3.05, 3.63) is 86.6 Å². The van der Waals surface area contributed by atoms with Crippen LogP contribution in [0.25, 0.3) is 11.1 Å². The van der Waals surface area contributed by atoms with Crippen molar-refractivity contribution in [2.24, 2.45) is 19.2 Å². The minimum absolute atomic E-state index is 0.0630. The maximum Gasteiger partial charge on any atom is 0.333 e. The molecule has 0 aliphatic carbocycles. The van der Waals surface area contributed by atoms with Crippen LogP contribution >= 0.6 is 0 Å². The van der Waals surface area contributed by atoms with Gasteiger partial charge in [0.2, 0.25) is 11.8 Å². The third-order valence-corrected chi connectivity index (χ3v) is 5.79. The van der Waals surface area contributed by atoms with Gasteiger partial charge in [0.1, 0.15) is 5.56 Å². The first-order chi connectivity index (χ1) is 15.3. The number of hydrogen-bond donors (Lipinski definition) is 1. The molecule has 32 heavy (non-hydrogen) atoms. The Hall–Kier alpha value is -3.94. The van der Waals surface area contributed by atoms with Crippen LogP contribution in [0.2, 0.25) is 0 Å². The van der Waals surface area contributed by atoms with Crippen LogP contribution in [0.15, 0.2) is 69.3 Å². The molecule has 4 rings (SSSR count). The number of carbonyl (C=O) groups is 1. The molecular weight excluding hydrogens is 408 g/mol. The van der Waals surface area contributed by atoms with E-state index in [-0.39, 0.29) is 30.0 Å². The van der Waals surface area contributed by atoms with Crippen molar-refractivity contribution in [1.29, 1.82) is 0 Å². The highest BCUT2D eigenvalue weighted by molar-refractivity contribution is 6.04. The SMILES string of the molecule is CCC(=O)N1N=C(c2c(O)n(C)c(=O)n(C)c2=O)CC1c1ccc(-c2ccccc2)cc1. The van der Waals surface area contributed by atoms with Crippen LogP contribution in [0.5, 0.6) is 5.88 Å². The first kappa shape index (κ1) is 21.3. The molecule has 1 amide bonds. The topological polar surface area (TPSA) is 96.9 Å². The minimum atomic E-state index is -0.645. The van der Waals surface area contributed by atoms with Crippen molar-refractivity contribution in [2.45, 2.75) is 25.8 Å². The quantitative estimate of drug-likeness (QED) is 0.685. The fraction of sp³-hybridized carbons (Fsp3) is 0.250. The smallest absolute Gasteiger partial charge is 0.333 e. The van der Waals surface area contributed by atoms with Crippen LogP contribution in [0, 0.1) is 0 Å². The van der Waals surface area contributed by atoms with Gasteiger partial charge < -0.3 is 5.11 Å². The Kier molecular flexibility index (Phi) is 5.52. The Morgan fingerprint density at radius 3 is 2.25 bits per heavy atom. The average Bonchev–Trinajstić information content (AvgIpc) is 3.26. The lowest BCUT2D eigenvalue weighted by Crippen LogP contribution is -2.39. The van der Waals surface area contributed by atoms with Crippen molar-refractivity contribution in [3.8, 4) is 17.0 Å². The van der Waals surface area contributed by atoms with Crippen molar-refractivity contribution in [3.63, 3.8) is 0 Å². The third kappa shape index (κ3) is 3.53. The maximum absolute atomic E-state index is 12.7. The maximum atomic E-state index is 12.7. The van der Waals surface area contributed by atoms with Crippen LogP contribution in [-0.4, -0.2) is 30.9 Å². The van der Waals surface area contributed by atoms with Crippen molar-refractivity contribution in [2.75, 3.05) is 0 Å². The standard InChI is InChI=1S/C24H24N4O4/c1-4-20(29)28-19(17-12-10-16(11-13-17)15-8-6-5-7-9-15)14-18(25-28)21-22(30)26(2)24(32)27(3)23(21)31/h5-13,19,30H,4,14H2,1-3H3. The molecule has 8 nitrogen and oxygen atoms in total. The molecule has 2 aromatic carbocycles. The first-order valence-corrected chi connectivity index (χ1v) is 10.4. The molecule has 2 heterocycles. The summed E-state index contributed by atoms with van der Waals surface area (Å²) in [4.78, 5) is 37.5. The summed E-state index contributed by atoms with van der Waals surface area (Å²) in [6.45, 7) is 1.74. The van der Waals surface area contributed by atoms with E-state index in [0.717, 1.165) is 25.8 Å². The van der Waals surface area contributed by atoms with E-state index in [4.69, 9.17) is 0 Å². The molecule has 8 heteroatoms. The molecule has 0 saturated carbocycles. The van der Waals surface area contributed by atoms with Crippen LogP contribution in [0.4, 0.5) is 0 Å². The second kappa shape index (κ2) is 8.30. The van der Waals surface area contributed by atoms with E-state index in [1.165, 1.54) is 19.1 Å². The molecule has 1 aromatic heterocycles. The number of carbonyl (C=O) groups excluding carboxylic acids is 1. The number of aromatic hydroxyl groups is 1. The number of hydrogen-bond acceptors (Lipinski definition) is 5. The van der Waals surface area contributed by atoms with Crippen molar-refractivity contribution < 1.29 is 9.90 Å². The zero-order chi connectivity index (χ0) is 23.0. The molecule has 0 radical (unpaired) electrons. The fourth-order valence-electron chi connectivity index (χ4n) is 3.93. The fourth-order valence-corrected chi connectivity index (χ4v) is 3.93. The molecule has 0 bridgehead atoms. The van der Waals surface area contributed by atoms with E-state index >= 15 is 0 Å². The zero-order valence-electron chi connectivity index (χ0n) is 18.1. The number of nitrogens with zero attached hydrogens (tertiary/aromatic N) is 4. The number of rotatable bonds is 4. The molecule has 1 N–H and O–H groups in total. The van der Waals surface area contributed by atoms with Gasteiger partial charge in [0, 0.05) is 26.9 Å². The predicted octanol–water partition coefficient (Wildman–Crippen LogP) is 2.54. The van der Waals surface area contributed by atoms with Crippen molar-refractivity contribution >= 4 is 11.6 Å². The number of amides is 1. The Morgan fingerprint density at radius 2 is 1.62 bits per heavy atom. The van der Waals surface area contributed by atoms with E-state index in [1.54, 1.807) is 6.92 Å². The lowest BCUT2D eigenvalue weighted by molar-refractivity contribution is -0.132. The molecule has 164 valence electrons. The number of aromatic nitrogens is 2. The lowest BCUT2D eigenvalue weighted by Gasteiger charge is -2.21. The van der Waals surface area contributed by atoms with Gasteiger partial charge in [-0.3, -0.25) is 18.7 Å². The Bertz CT molecular complexity index is 1320. The van der Waals surface area contributed by atoms with E-state index in [2.05, 4.69) is 5.10 Å². The van der Waals surface area contributed by atoms with Crippen LogP contribution in [0.1, 0.15) is 36.9 Å². The zero-order valence-corrected chi connectivity index (χ0v) is 18.1. The van der Waals surface area contributed by atoms with E-state index in [9.17, 15) is 19.5 Å². The summed E-state index contributed by atoms with van der Waals surface area (Å²) in [7, 11) is 2.72. The Morgan fingerprint density at radius 1 is 1.00 bits per heavy atom. The predicted molar refractivity (Wildman–Crippen MR) is 121 cm³/mol. The van der Waals surface area contributed by atoms with Gasteiger partial charge in [-0.2, -0.15) is 5.10 Å². The summed E-state index contributed by atoms with van der Waals surface area (Å²) < 4.78 is 1.92. The van der Waals surface area contributed by atoms with E-state index < -0.39 is 23.2 Å². The number of benzene rings is 2. The summed E-state index contributed by atoms with van der Waals surface area (Å²) in [5.74, 6) is -0.654. The van der Waals surface area contributed by atoms with Crippen LogP contribution in [0.3, 0.4) is 0 Å². The monoisotopic (exact) mass is 432 g/mol. The lowest BCUT2D eigenvalue weighted by atomic mass is 9.96. The molecule has 1 unspecified atom stereocenters. The van der Waals surface area contributed by atoms with Gasteiger partial charge >= 0.3 is 5.69 Å². The van der Waals surface area contributed by atoms with E-state index in [1.807, 2.05) is 54.6 Å². The second-order valence-electron chi connectivity index (χ2n) is 7.75. The molecule has 0 saturated heterocycles. The molecule has 1 atom stereocenters. The molecule has 1 aliphatic rings. The Labute approximate surface area is 184 Å². The third-order valence-electron chi connectivity index (χ3n) is 5.79. The average molecular weight is 432 g/mol. The summed E-state index contributed by atoms with van der Waals surface area (Å²) in [6, 6.07) is 17.4.